The van der Waals surface area contributed by atoms with Crippen LogP contribution in [0.5, 0.6) is 0 Å². The number of anilines is 1. The highest BCUT2D eigenvalue weighted by molar-refractivity contribution is 5.92. The van der Waals surface area contributed by atoms with Crippen LogP contribution in [-0.2, 0) is 11.2 Å². The van der Waals surface area contributed by atoms with Crippen molar-refractivity contribution in [1.29, 1.82) is 0 Å². The normalized spacial score (nSPS) is 13.8. The Hall–Kier alpha value is -2.04. The Kier molecular flexibility index (Phi) is 4.61. The molecule has 108 valence electrons. The molecule has 1 heterocycles. The van der Waals surface area contributed by atoms with Gasteiger partial charge in [-0.2, -0.15) is 0 Å². The van der Waals surface area contributed by atoms with Crippen molar-refractivity contribution in [2.75, 3.05) is 24.5 Å². The number of carbonyl (C=O) groups is 2. The first-order valence-corrected chi connectivity index (χ1v) is 7.00. The Morgan fingerprint density at radius 3 is 2.90 bits per heavy atom. The zero-order valence-electron chi connectivity index (χ0n) is 11.7. The van der Waals surface area contributed by atoms with Crippen molar-refractivity contribution >= 4 is 17.6 Å². The van der Waals surface area contributed by atoms with Gasteiger partial charge in [0.25, 0.3) is 0 Å². The Morgan fingerprint density at radius 1 is 1.40 bits per heavy atom. The number of rotatable bonds is 5. The summed E-state index contributed by atoms with van der Waals surface area (Å²) >= 11 is 0. The highest BCUT2D eigenvalue weighted by Crippen LogP contribution is 2.29. The van der Waals surface area contributed by atoms with Crippen LogP contribution in [0.4, 0.5) is 5.69 Å². The summed E-state index contributed by atoms with van der Waals surface area (Å²) in [7, 11) is 0. The molecule has 1 aliphatic rings. The number of hydrogen-bond donors (Lipinski definition) is 2. The molecular weight excluding hydrogens is 256 g/mol. The first kappa shape index (κ1) is 14.4. The van der Waals surface area contributed by atoms with E-state index < -0.39 is 5.97 Å². The fourth-order valence-electron chi connectivity index (χ4n) is 2.56. The molecule has 0 saturated heterocycles. The van der Waals surface area contributed by atoms with Crippen molar-refractivity contribution < 1.29 is 14.7 Å². The van der Waals surface area contributed by atoms with Crippen molar-refractivity contribution in [2.24, 2.45) is 0 Å². The smallest absolute Gasteiger partial charge is 0.336 e. The molecule has 0 radical (unpaired) electrons. The van der Waals surface area contributed by atoms with Crippen LogP contribution in [0.3, 0.4) is 0 Å². The lowest BCUT2D eigenvalue weighted by molar-refractivity contribution is -0.119. The van der Waals surface area contributed by atoms with Gasteiger partial charge in [0.05, 0.1) is 12.1 Å². The Bertz CT molecular complexity index is 514. The monoisotopic (exact) mass is 276 g/mol. The van der Waals surface area contributed by atoms with E-state index in [1.54, 1.807) is 12.1 Å². The molecule has 0 unspecified atom stereocenters. The number of nitrogens with zero attached hydrogens (tertiary/aromatic N) is 1. The molecule has 1 amide bonds. The zero-order valence-corrected chi connectivity index (χ0v) is 11.7. The third-order valence-corrected chi connectivity index (χ3v) is 3.48. The molecule has 2 rings (SSSR count). The van der Waals surface area contributed by atoms with E-state index in [1.165, 1.54) is 0 Å². The molecule has 5 nitrogen and oxygen atoms in total. The number of amides is 1. The van der Waals surface area contributed by atoms with Gasteiger partial charge in [-0.1, -0.05) is 13.0 Å². The maximum absolute atomic E-state index is 11.8. The first-order valence-electron chi connectivity index (χ1n) is 7.00. The fraction of sp³-hybridized carbons (Fsp3) is 0.467. The van der Waals surface area contributed by atoms with Crippen molar-refractivity contribution in [3.8, 4) is 0 Å². The van der Waals surface area contributed by atoms with Crippen LogP contribution in [0.25, 0.3) is 0 Å². The lowest BCUT2D eigenvalue weighted by Gasteiger charge is -2.31. The molecule has 0 atom stereocenters. The lowest BCUT2D eigenvalue weighted by atomic mass is 9.96. The van der Waals surface area contributed by atoms with Crippen LogP contribution < -0.4 is 10.2 Å². The number of carboxylic acid groups (broad SMARTS) is 1. The molecule has 1 aromatic carbocycles. The minimum Gasteiger partial charge on any atom is -0.478 e. The third kappa shape index (κ3) is 3.10. The summed E-state index contributed by atoms with van der Waals surface area (Å²) in [5, 5.41) is 12.1. The highest BCUT2D eigenvalue weighted by Gasteiger charge is 2.23. The van der Waals surface area contributed by atoms with Crippen LogP contribution >= 0.6 is 0 Å². The number of fused-ring (bicyclic) bond motifs is 1. The summed E-state index contributed by atoms with van der Waals surface area (Å²) < 4.78 is 0. The van der Waals surface area contributed by atoms with Crippen molar-refractivity contribution in [1.82, 2.24) is 5.32 Å². The van der Waals surface area contributed by atoms with E-state index in [0.29, 0.717) is 12.1 Å². The van der Waals surface area contributed by atoms with Gasteiger partial charge in [-0.25, -0.2) is 4.79 Å². The fourth-order valence-corrected chi connectivity index (χ4v) is 2.56. The van der Waals surface area contributed by atoms with Gasteiger partial charge in [-0.15, -0.1) is 0 Å². The number of hydrogen-bond acceptors (Lipinski definition) is 3. The summed E-state index contributed by atoms with van der Waals surface area (Å²) in [6.07, 6.45) is 2.54. The number of nitrogens with one attached hydrogen (secondary N) is 1. The van der Waals surface area contributed by atoms with Crippen LogP contribution in [-0.4, -0.2) is 36.6 Å². The molecule has 0 fully saturated rings. The van der Waals surface area contributed by atoms with Crippen LogP contribution in [0.2, 0.25) is 0 Å². The quantitative estimate of drug-likeness (QED) is 0.858. The molecule has 0 aromatic heterocycles. The van der Waals surface area contributed by atoms with Crippen LogP contribution in [0.1, 0.15) is 35.7 Å². The van der Waals surface area contributed by atoms with Crippen molar-refractivity contribution in [3.63, 3.8) is 0 Å². The summed E-state index contributed by atoms with van der Waals surface area (Å²) in [4.78, 5) is 25.0. The van der Waals surface area contributed by atoms with Gasteiger partial charge in [-0.3, -0.25) is 4.79 Å². The van der Waals surface area contributed by atoms with Crippen LogP contribution in [0.15, 0.2) is 18.2 Å². The molecule has 0 aliphatic carbocycles. The van der Waals surface area contributed by atoms with Gasteiger partial charge in [0, 0.05) is 18.8 Å². The molecular formula is C15H20N2O3. The van der Waals surface area contributed by atoms with Gasteiger partial charge in [0.1, 0.15) is 0 Å². The standard InChI is InChI=1S/C15H20N2O3/c1-2-8-16-14(18)10-17-9-4-6-11-12(15(19)20)5-3-7-13(11)17/h3,5,7H,2,4,6,8-10H2,1H3,(H,16,18)(H,19,20). The van der Waals surface area contributed by atoms with E-state index >= 15 is 0 Å². The van der Waals surface area contributed by atoms with E-state index in [0.717, 1.165) is 37.1 Å². The number of carboxylic acids is 1. The van der Waals surface area contributed by atoms with Gasteiger partial charge in [0.15, 0.2) is 0 Å². The molecule has 5 heteroatoms. The maximum atomic E-state index is 11.8. The molecule has 2 N–H and O–H groups in total. The number of carbonyl (C=O) groups excluding carboxylic acids is 1. The Labute approximate surface area is 118 Å². The predicted molar refractivity (Wildman–Crippen MR) is 77.2 cm³/mol. The average Bonchev–Trinajstić information content (AvgIpc) is 2.44. The van der Waals surface area contributed by atoms with Crippen LogP contribution in [0, 0.1) is 0 Å². The van der Waals surface area contributed by atoms with Gasteiger partial charge >= 0.3 is 5.97 Å². The molecule has 20 heavy (non-hydrogen) atoms. The van der Waals surface area contributed by atoms with E-state index in [1.807, 2.05) is 17.9 Å². The second-order valence-corrected chi connectivity index (χ2v) is 4.98. The minimum absolute atomic E-state index is 0.0135. The third-order valence-electron chi connectivity index (χ3n) is 3.48. The van der Waals surface area contributed by atoms with Crippen molar-refractivity contribution in [3.05, 3.63) is 29.3 Å². The topological polar surface area (TPSA) is 69.6 Å². The average molecular weight is 276 g/mol. The largest absolute Gasteiger partial charge is 0.478 e. The SMILES string of the molecule is CCCNC(=O)CN1CCCc2c(C(=O)O)cccc21. The van der Waals surface area contributed by atoms with E-state index in [2.05, 4.69) is 5.32 Å². The number of benzene rings is 1. The summed E-state index contributed by atoms with van der Waals surface area (Å²) in [6.45, 7) is 3.76. The highest BCUT2D eigenvalue weighted by atomic mass is 16.4. The van der Waals surface area contributed by atoms with E-state index in [9.17, 15) is 14.7 Å². The second kappa shape index (κ2) is 6.41. The molecule has 1 aromatic rings. The van der Waals surface area contributed by atoms with Gasteiger partial charge in [-0.05, 0) is 37.0 Å². The molecule has 1 aliphatic heterocycles. The summed E-state index contributed by atoms with van der Waals surface area (Å²) in [6, 6.07) is 5.26. The lowest BCUT2D eigenvalue weighted by Crippen LogP contribution is -2.40. The second-order valence-electron chi connectivity index (χ2n) is 4.98. The minimum atomic E-state index is -0.904. The molecule has 0 saturated carbocycles. The first-order chi connectivity index (χ1) is 9.63. The van der Waals surface area contributed by atoms with Gasteiger partial charge < -0.3 is 15.3 Å². The summed E-state index contributed by atoms with van der Waals surface area (Å²) in [5.74, 6) is -0.917. The maximum Gasteiger partial charge on any atom is 0.336 e. The Morgan fingerprint density at radius 2 is 2.20 bits per heavy atom. The number of aromatic carboxylic acids is 1. The molecule has 0 bridgehead atoms. The predicted octanol–water partition coefficient (Wildman–Crippen LogP) is 1.66. The summed E-state index contributed by atoms with van der Waals surface area (Å²) in [5.41, 5.74) is 2.07. The molecule has 0 spiro atoms. The van der Waals surface area contributed by atoms with Gasteiger partial charge in [0.2, 0.25) is 5.91 Å². The van der Waals surface area contributed by atoms with E-state index in [-0.39, 0.29) is 12.5 Å². The van der Waals surface area contributed by atoms with Crippen molar-refractivity contribution in [2.45, 2.75) is 26.2 Å². The Balaban J connectivity index is 2.18. The zero-order chi connectivity index (χ0) is 14.5. The van der Waals surface area contributed by atoms with E-state index in [4.69, 9.17) is 0 Å².